The highest BCUT2D eigenvalue weighted by molar-refractivity contribution is 5.94. The summed E-state index contributed by atoms with van der Waals surface area (Å²) in [6.45, 7) is 5.51. The Hall–Kier alpha value is -2.53. The van der Waals surface area contributed by atoms with Crippen molar-refractivity contribution < 1.29 is 31.5 Å². The number of hydrogen-bond acceptors (Lipinski definition) is 4. The molecule has 0 saturated heterocycles. The largest absolute Gasteiger partial charge is 0.419 e. The molecule has 0 radical (unpaired) electrons. The number of methoxy groups -OCH3 is 1. The number of amides is 1. The van der Waals surface area contributed by atoms with Gasteiger partial charge >= 0.3 is 6.18 Å². The fourth-order valence-electron chi connectivity index (χ4n) is 4.40. The molecule has 3 rings (SSSR count). The molecule has 0 bridgehead atoms. The van der Waals surface area contributed by atoms with Crippen molar-refractivity contribution in [2.75, 3.05) is 27.3 Å². The van der Waals surface area contributed by atoms with Gasteiger partial charge in [0.25, 0.3) is 5.91 Å². The van der Waals surface area contributed by atoms with Gasteiger partial charge in [-0.05, 0) is 37.3 Å². The van der Waals surface area contributed by atoms with Crippen LogP contribution in [0.2, 0.25) is 0 Å². The minimum absolute atomic E-state index is 0.124. The summed E-state index contributed by atoms with van der Waals surface area (Å²) < 4.78 is 73.2. The van der Waals surface area contributed by atoms with Crippen LogP contribution in [0.3, 0.4) is 0 Å². The van der Waals surface area contributed by atoms with Crippen molar-refractivity contribution in [2.45, 2.75) is 57.9 Å². The third-order valence-electron chi connectivity index (χ3n) is 6.41. The fourth-order valence-corrected chi connectivity index (χ4v) is 4.40. The van der Waals surface area contributed by atoms with E-state index < -0.39 is 29.3 Å². The van der Waals surface area contributed by atoms with Gasteiger partial charge in [0.2, 0.25) is 0 Å². The molecular formula is C23H29F5N4O2. The van der Waals surface area contributed by atoms with Crippen LogP contribution in [0.4, 0.5) is 22.0 Å². The Morgan fingerprint density at radius 2 is 2.00 bits per heavy atom. The third kappa shape index (κ3) is 5.25. The first-order valence-electron chi connectivity index (χ1n) is 11.1. The van der Waals surface area contributed by atoms with E-state index in [0.29, 0.717) is 25.8 Å². The number of rotatable bonds is 9. The standard InChI is InChI=1S/C23H29F5N4O2/c1-5-14(15-6-7-17(24)20(25)19(15)23(26,27)28)8-9-31(3)22(33)21-16-10-32(13(2)12-34-4)11-18(16)29-30-21/h6-7,13-14H,5,8-12H2,1-4H3,(H,29,30). The van der Waals surface area contributed by atoms with Crippen molar-refractivity contribution in [1.29, 1.82) is 0 Å². The molecule has 1 aromatic carbocycles. The molecule has 6 nitrogen and oxygen atoms in total. The number of ether oxygens (including phenoxy) is 1. The van der Waals surface area contributed by atoms with Crippen LogP contribution in [0.1, 0.15) is 65.5 Å². The Morgan fingerprint density at radius 3 is 2.62 bits per heavy atom. The summed E-state index contributed by atoms with van der Waals surface area (Å²) in [7, 11) is 3.17. The van der Waals surface area contributed by atoms with Crippen molar-refractivity contribution in [3.63, 3.8) is 0 Å². The van der Waals surface area contributed by atoms with Crippen molar-refractivity contribution >= 4 is 5.91 Å². The van der Waals surface area contributed by atoms with Crippen LogP contribution in [0.5, 0.6) is 0 Å². The molecule has 1 amide bonds. The molecule has 0 saturated carbocycles. The van der Waals surface area contributed by atoms with Crippen LogP contribution < -0.4 is 0 Å². The van der Waals surface area contributed by atoms with Crippen LogP contribution in [0, 0.1) is 11.6 Å². The molecule has 1 aromatic heterocycles. The third-order valence-corrected chi connectivity index (χ3v) is 6.41. The van der Waals surface area contributed by atoms with Gasteiger partial charge < -0.3 is 9.64 Å². The number of alkyl halides is 3. The van der Waals surface area contributed by atoms with Gasteiger partial charge in [-0.25, -0.2) is 8.78 Å². The Labute approximate surface area is 195 Å². The average Bonchev–Trinajstić information content (AvgIpc) is 3.36. The lowest BCUT2D eigenvalue weighted by Gasteiger charge is -2.24. The molecule has 34 heavy (non-hydrogen) atoms. The van der Waals surface area contributed by atoms with Crippen LogP contribution in [0.25, 0.3) is 0 Å². The Morgan fingerprint density at radius 1 is 1.29 bits per heavy atom. The lowest BCUT2D eigenvalue weighted by molar-refractivity contribution is -0.141. The van der Waals surface area contributed by atoms with Crippen molar-refractivity contribution in [2.24, 2.45) is 0 Å². The Bertz CT molecular complexity index is 1020. The van der Waals surface area contributed by atoms with Crippen LogP contribution in [-0.2, 0) is 24.0 Å². The van der Waals surface area contributed by atoms with E-state index in [0.717, 1.165) is 17.3 Å². The van der Waals surface area contributed by atoms with E-state index in [9.17, 15) is 26.7 Å². The van der Waals surface area contributed by atoms with Crippen molar-refractivity contribution in [3.05, 3.63) is 51.8 Å². The minimum atomic E-state index is -5.03. The number of H-pyrrole nitrogens is 1. The van der Waals surface area contributed by atoms with Crippen LogP contribution in [0.15, 0.2) is 12.1 Å². The van der Waals surface area contributed by atoms with Gasteiger partial charge in [0, 0.05) is 45.4 Å². The number of nitrogens with one attached hydrogen (secondary N) is 1. The quantitative estimate of drug-likeness (QED) is 0.520. The molecule has 2 aromatic rings. The van der Waals surface area contributed by atoms with E-state index in [2.05, 4.69) is 15.1 Å². The molecule has 0 fully saturated rings. The first-order valence-corrected chi connectivity index (χ1v) is 11.1. The van der Waals surface area contributed by atoms with E-state index >= 15 is 0 Å². The van der Waals surface area contributed by atoms with Gasteiger partial charge in [-0.15, -0.1) is 0 Å². The maximum absolute atomic E-state index is 14.0. The first kappa shape index (κ1) is 26.1. The average molecular weight is 489 g/mol. The van der Waals surface area contributed by atoms with Gasteiger partial charge in [0.1, 0.15) is 0 Å². The first-order chi connectivity index (χ1) is 16.0. The highest BCUT2D eigenvalue weighted by Crippen LogP contribution is 2.40. The number of carbonyl (C=O) groups excluding carboxylic acids is 1. The molecule has 2 unspecified atom stereocenters. The number of aromatic nitrogens is 2. The van der Waals surface area contributed by atoms with Gasteiger partial charge in [-0.1, -0.05) is 13.0 Å². The van der Waals surface area contributed by atoms with Crippen molar-refractivity contribution in [3.8, 4) is 0 Å². The normalized spacial score (nSPS) is 15.9. The van der Waals surface area contributed by atoms with Crippen molar-refractivity contribution in [1.82, 2.24) is 20.0 Å². The number of nitrogens with zero attached hydrogens (tertiary/aromatic N) is 3. The summed E-state index contributed by atoms with van der Waals surface area (Å²) in [5, 5.41) is 7.06. The summed E-state index contributed by atoms with van der Waals surface area (Å²) in [6.07, 6.45) is -4.62. The van der Waals surface area contributed by atoms with Gasteiger partial charge in [0.05, 0.1) is 17.9 Å². The lowest BCUT2D eigenvalue weighted by atomic mass is 9.88. The zero-order valence-electron chi connectivity index (χ0n) is 19.6. The molecule has 2 heterocycles. The van der Waals surface area contributed by atoms with Gasteiger partial charge in [0.15, 0.2) is 17.3 Å². The van der Waals surface area contributed by atoms with Crippen LogP contribution in [-0.4, -0.2) is 59.3 Å². The molecule has 2 atom stereocenters. The Kier molecular flexibility index (Phi) is 7.97. The number of halogens is 5. The number of hydrogen-bond donors (Lipinski definition) is 1. The van der Waals surface area contributed by atoms with Gasteiger partial charge in [-0.3, -0.25) is 14.8 Å². The second-order valence-corrected chi connectivity index (χ2v) is 8.68. The number of fused-ring (bicyclic) bond motifs is 1. The maximum Gasteiger partial charge on any atom is 0.419 e. The van der Waals surface area contributed by atoms with E-state index in [4.69, 9.17) is 4.74 Å². The highest BCUT2D eigenvalue weighted by Gasteiger charge is 2.40. The fraction of sp³-hybridized carbons (Fsp3) is 0.565. The number of carbonyl (C=O) groups is 1. The van der Waals surface area contributed by atoms with Gasteiger partial charge in [-0.2, -0.15) is 18.3 Å². The SMILES string of the molecule is CCC(CCN(C)C(=O)c1n[nH]c2c1CN(C(C)COC)C2)c1ccc(F)c(F)c1C(F)(F)F. The zero-order valence-corrected chi connectivity index (χ0v) is 19.6. The highest BCUT2D eigenvalue weighted by atomic mass is 19.4. The smallest absolute Gasteiger partial charge is 0.383 e. The predicted molar refractivity (Wildman–Crippen MR) is 115 cm³/mol. The van der Waals surface area contributed by atoms with E-state index in [1.165, 1.54) is 4.90 Å². The Balaban J connectivity index is 1.72. The zero-order chi connectivity index (χ0) is 25.2. The number of aromatic amines is 1. The molecule has 1 aliphatic heterocycles. The summed E-state index contributed by atoms with van der Waals surface area (Å²) in [5.74, 6) is -4.50. The second-order valence-electron chi connectivity index (χ2n) is 8.68. The van der Waals surface area contributed by atoms with Crippen LogP contribution >= 0.6 is 0 Å². The minimum Gasteiger partial charge on any atom is -0.383 e. The molecule has 1 N–H and O–H groups in total. The second kappa shape index (κ2) is 10.4. The monoisotopic (exact) mass is 488 g/mol. The summed E-state index contributed by atoms with van der Waals surface area (Å²) in [5.41, 5.74) is 0.0397. The van der Waals surface area contributed by atoms with E-state index in [-0.39, 0.29) is 42.6 Å². The lowest BCUT2D eigenvalue weighted by Crippen LogP contribution is -2.33. The molecule has 1 aliphatic rings. The molecule has 0 spiro atoms. The van der Waals surface area contributed by atoms with E-state index in [1.54, 1.807) is 21.1 Å². The van der Waals surface area contributed by atoms with E-state index in [1.807, 2.05) is 6.92 Å². The molecule has 0 aliphatic carbocycles. The summed E-state index contributed by atoms with van der Waals surface area (Å²) >= 11 is 0. The topological polar surface area (TPSA) is 61.5 Å². The summed E-state index contributed by atoms with van der Waals surface area (Å²) in [6, 6.07) is 1.84. The predicted octanol–water partition coefficient (Wildman–Crippen LogP) is 4.71. The maximum atomic E-state index is 14.0. The molecule has 11 heteroatoms. The summed E-state index contributed by atoms with van der Waals surface area (Å²) in [4.78, 5) is 16.6. The molecule has 188 valence electrons. The molecular weight excluding hydrogens is 459 g/mol. The number of benzene rings is 1.